The molecule has 0 aliphatic heterocycles. The number of hydrogen-bond acceptors (Lipinski definition) is 5. The summed E-state index contributed by atoms with van der Waals surface area (Å²) in [6.45, 7) is 0.475. The first kappa shape index (κ1) is 17.3. The van der Waals surface area contributed by atoms with Crippen molar-refractivity contribution in [3.63, 3.8) is 0 Å². The minimum absolute atomic E-state index is 0.347. The fourth-order valence-corrected chi connectivity index (χ4v) is 3.03. The Morgan fingerprint density at radius 3 is 2.78 bits per heavy atom. The summed E-state index contributed by atoms with van der Waals surface area (Å²) in [4.78, 5) is 4.32. The van der Waals surface area contributed by atoms with Gasteiger partial charge in [-0.15, -0.1) is 0 Å². The van der Waals surface area contributed by atoms with Crippen LogP contribution in [-0.4, -0.2) is 11.2 Å². The summed E-state index contributed by atoms with van der Waals surface area (Å²) in [5, 5.41) is 4.22. The SMILES string of the molecule is Brc1cccc(COc2ccccc2/C=N/Nc2nc3ccccc3o2)c1. The van der Waals surface area contributed by atoms with Gasteiger partial charge in [0.15, 0.2) is 5.58 Å². The molecule has 0 aliphatic rings. The van der Waals surface area contributed by atoms with Crippen molar-refractivity contribution in [2.24, 2.45) is 5.10 Å². The Kier molecular flexibility index (Phi) is 5.16. The highest BCUT2D eigenvalue weighted by atomic mass is 79.9. The summed E-state index contributed by atoms with van der Waals surface area (Å²) in [5.41, 5.74) is 6.26. The van der Waals surface area contributed by atoms with Crippen molar-refractivity contribution in [2.75, 3.05) is 5.43 Å². The zero-order valence-corrected chi connectivity index (χ0v) is 15.9. The highest BCUT2D eigenvalue weighted by Gasteiger charge is 2.04. The molecule has 0 radical (unpaired) electrons. The molecule has 0 saturated carbocycles. The van der Waals surface area contributed by atoms with Gasteiger partial charge >= 0.3 is 6.01 Å². The number of hydrogen-bond donors (Lipinski definition) is 1. The predicted molar refractivity (Wildman–Crippen MR) is 110 cm³/mol. The van der Waals surface area contributed by atoms with Crippen LogP contribution in [0.3, 0.4) is 0 Å². The van der Waals surface area contributed by atoms with Gasteiger partial charge in [-0.2, -0.15) is 10.1 Å². The Morgan fingerprint density at radius 1 is 1.04 bits per heavy atom. The van der Waals surface area contributed by atoms with Gasteiger partial charge in [-0.05, 0) is 42.0 Å². The maximum absolute atomic E-state index is 5.95. The lowest BCUT2D eigenvalue weighted by Crippen LogP contribution is -1.99. The average Bonchev–Trinajstić information content (AvgIpc) is 3.10. The normalized spacial score (nSPS) is 11.1. The quantitative estimate of drug-likeness (QED) is 0.324. The first-order valence-corrected chi connectivity index (χ1v) is 9.18. The van der Waals surface area contributed by atoms with Crippen LogP contribution in [0.15, 0.2) is 86.8 Å². The molecular formula is C21H16BrN3O2. The fraction of sp³-hybridized carbons (Fsp3) is 0.0476. The summed E-state index contributed by atoms with van der Waals surface area (Å²) in [6.07, 6.45) is 1.69. The fourth-order valence-electron chi connectivity index (χ4n) is 2.58. The van der Waals surface area contributed by atoms with Crippen molar-refractivity contribution >= 4 is 39.3 Å². The Labute approximate surface area is 164 Å². The van der Waals surface area contributed by atoms with E-state index in [0.29, 0.717) is 18.2 Å². The van der Waals surface area contributed by atoms with Crippen LogP contribution in [0, 0.1) is 0 Å². The second kappa shape index (κ2) is 8.05. The van der Waals surface area contributed by atoms with Gasteiger partial charge in [-0.1, -0.05) is 52.3 Å². The Hall–Kier alpha value is -3.12. The summed E-state index contributed by atoms with van der Waals surface area (Å²) in [7, 11) is 0. The van der Waals surface area contributed by atoms with Crippen molar-refractivity contribution in [2.45, 2.75) is 6.61 Å². The molecule has 0 bridgehead atoms. The maximum Gasteiger partial charge on any atom is 0.316 e. The van der Waals surface area contributed by atoms with Gasteiger partial charge < -0.3 is 9.15 Å². The molecule has 0 amide bonds. The lowest BCUT2D eigenvalue weighted by Gasteiger charge is -2.09. The Bertz CT molecular complexity index is 1060. The molecule has 0 atom stereocenters. The topological polar surface area (TPSA) is 59.6 Å². The number of halogens is 1. The molecule has 5 nitrogen and oxygen atoms in total. The molecule has 0 fully saturated rings. The molecule has 0 spiro atoms. The molecule has 6 heteroatoms. The Balaban J connectivity index is 1.44. The zero-order chi connectivity index (χ0) is 18.5. The van der Waals surface area contributed by atoms with Crippen LogP contribution in [0.4, 0.5) is 6.01 Å². The van der Waals surface area contributed by atoms with E-state index in [1.807, 2.05) is 72.8 Å². The number of hydrazone groups is 1. The number of benzene rings is 3. The lowest BCUT2D eigenvalue weighted by atomic mass is 10.2. The highest BCUT2D eigenvalue weighted by molar-refractivity contribution is 9.10. The van der Waals surface area contributed by atoms with Gasteiger partial charge in [0.2, 0.25) is 0 Å². The summed E-state index contributed by atoms with van der Waals surface area (Å²) in [5.74, 6) is 0.751. The summed E-state index contributed by atoms with van der Waals surface area (Å²) in [6, 6.07) is 23.7. The summed E-state index contributed by atoms with van der Waals surface area (Å²) < 4.78 is 12.6. The van der Waals surface area contributed by atoms with Crippen molar-refractivity contribution in [1.82, 2.24) is 4.98 Å². The van der Waals surface area contributed by atoms with E-state index in [-0.39, 0.29) is 0 Å². The molecule has 27 heavy (non-hydrogen) atoms. The molecule has 0 aliphatic carbocycles. The van der Waals surface area contributed by atoms with Crippen molar-refractivity contribution in [3.8, 4) is 5.75 Å². The number of oxazole rings is 1. The Morgan fingerprint density at radius 2 is 1.89 bits per heavy atom. The second-order valence-corrected chi connectivity index (χ2v) is 6.73. The third kappa shape index (κ3) is 4.35. The largest absolute Gasteiger partial charge is 0.488 e. The predicted octanol–water partition coefficient (Wildman–Crippen LogP) is 5.62. The number of aromatic nitrogens is 1. The highest BCUT2D eigenvalue weighted by Crippen LogP contribution is 2.20. The summed E-state index contributed by atoms with van der Waals surface area (Å²) >= 11 is 3.47. The minimum atomic E-state index is 0.347. The standard InChI is InChI=1S/C21H16BrN3O2/c22-17-8-5-6-15(12-17)14-26-19-10-3-1-7-16(19)13-23-25-21-24-18-9-2-4-11-20(18)27-21/h1-13H,14H2,(H,24,25)/b23-13+. The van der Waals surface area contributed by atoms with E-state index in [1.54, 1.807) is 6.21 Å². The van der Waals surface area contributed by atoms with Crippen molar-refractivity contribution in [1.29, 1.82) is 0 Å². The number of fused-ring (bicyclic) bond motifs is 1. The van der Waals surface area contributed by atoms with E-state index in [0.717, 1.165) is 26.9 Å². The first-order valence-electron chi connectivity index (χ1n) is 8.39. The van der Waals surface area contributed by atoms with Gasteiger partial charge in [0.25, 0.3) is 0 Å². The number of para-hydroxylation sites is 3. The molecular weight excluding hydrogens is 406 g/mol. The third-order valence-corrected chi connectivity index (χ3v) is 4.35. The van der Waals surface area contributed by atoms with Crippen LogP contribution in [0.1, 0.15) is 11.1 Å². The molecule has 4 aromatic rings. The van der Waals surface area contributed by atoms with Crippen molar-refractivity contribution < 1.29 is 9.15 Å². The van der Waals surface area contributed by atoms with E-state index < -0.39 is 0 Å². The third-order valence-electron chi connectivity index (χ3n) is 3.86. The van der Waals surface area contributed by atoms with E-state index in [2.05, 4.69) is 31.4 Å². The molecule has 0 saturated heterocycles. The molecule has 134 valence electrons. The molecule has 4 rings (SSSR count). The number of rotatable bonds is 6. The van der Waals surface area contributed by atoms with Crippen LogP contribution in [-0.2, 0) is 6.61 Å². The average molecular weight is 422 g/mol. The number of anilines is 1. The van der Waals surface area contributed by atoms with Crippen LogP contribution >= 0.6 is 15.9 Å². The minimum Gasteiger partial charge on any atom is -0.488 e. The molecule has 1 aromatic heterocycles. The van der Waals surface area contributed by atoms with Crippen LogP contribution in [0.25, 0.3) is 11.1 Å². The second-order valence-electron chi connectivity index (χ2n) is 5.81. The van der Waals surface area contributed by atoms with E-state index in [4.69, 9.17) is 9.15 Å². The van der Waals surface area contributed by atoms with Gasteiger partial charge in [-0.25, -0.2) is 5.43 Å². The first-order chi connectivity index (χ1) is 13.3. The van der Waals surface area contributed by atoms with E-state index >= 15 is 0 Å². The van der Waals surface area contributed by atoms with E-state index in [9.17, 15) is 0 Å². The van der Waals surface area contributed by atoms with Crippen molar-refractivity contribution in [3.05, 3.63) is 88.4 Å². The smallest absolute Gasteiger partial charge is 0.316 e. The van der Waals surface area contributed by atoms with Crippen LogP contribution < -0.4 is 10.2 Å². The van der Waals surface area contributed by atoms with Gasteiger partial charge in [0.1, 0.15) is 17.9 Å². The maximum atomic E-state index is 5.95. The van der Waals surface area contributed by atoms with Crippen LogP contribution in [0.5, 0.6) is 5.75 Å². The van der Waals surface area contributed by atoms with Crippen LogP contribution in [0.2, 0.25) is 0 Å². The molecule has 0 unspecified atom stereocenters. The molecule has 1 N–H and O–H groups in total. The monoisotopic (exact) mass is 421 g/mol. The lowest BCUT2D eigenvalue weighted by molar-refractivity contribution is 0.305. The van der Waals surface area contributed by atoms with Gasteiger partial charge in [0.05, 0.1) is 6.21 Å². The number of ether oxygens (including phenoxy) is 1. The number of nitrogens with zero attached hydrogens (tertiary/aromatic N) is 2. The zero-order valence-electron chi connectivity index (χ0n) is 14.3. The molecule has 1 heterocycles. The van der Waals surface area contributed by atoms with Gasteiger partial charge in [-0.3, -0.25) is 0 Å². The molecule has 3 aromatic carbocycles. The van der Waals surface area contributed by atoms with Gasteiger partial charge in [0, 0.05) is 10.0 Å². The van der Waals surface area contributed by atoms with E-state index in [1.165, 1.54) is 0 Å². The number of nitrogens with one attached hydrogen (secondary N) is 1.